The van der Waals surface area contributed by atoms with E-state index in [1.165, 1.54) is 0 Å². The van der Waals surface area contributed by atoms with E-state index in [9.17, 15) is 0 Å². The maximum Gasteiger partial charge on any atom is 0.189 e. The highest BCUT2D eigenvalue weighted by atomic mass is 35.5. The van der Waals surface area contributed by atoms with Crippen molar-refractivity contribution in [2.24, 2.45) is 0 Å². The molecule has 2 N–H and O–H groups in total. The third-order valence-corrected chi connectivity index (χ3v) is 4.66. The highest BCUT2D eigenvalue weighted by Crippen LogP contribution is 2.36. The van der Waals surface area contributed by atoms with Gasteiger partial charge in [0.05, 0.1) is 6.61 Å². The summed E-state index contributed by atoms with van der Waals surface area (Å²) in [6, 6.07) is 9.94. The van der Waals surface area contributed by atoms with E-state index in [4.69, 9.17) is 26.8 Å². The van der Waals surface area contributed by atoms with E-state index in [1.54, 1.807) is 11.8 Å². The Labute approximate surface area is 133 Å². The highest BCUT2D eigenvalue weighted by Gasteiger charge is 2.16. The molecule has 0 bridgehead atoms. The molecule has 0 fully saturated rings. The first-order valence-corrected chi connectivity index (χ1v) is 8.00. The highest BCUT2D eigenvalue weighted by molar-refractivity contribution is 7.98. The first kappa shape index (κ1) is 14.6. The predicted octanol–water partition coefficient (Wildman–Crippen LogP) is 4.39. The van der Waals surface area contributed by atoms with E-state index in [1.807, 2.05) is 25.1 Å². The van der Waals surface area contributed by atoms with Gasteiger partial charge in [-0.2, -0.15) is 0 Å². The summed E-state index contributed by atoms with van der Waals surface area (Å²) in [4.78, 5) is 1.07. The molecule has 21 heavy (non-hydrogen) atoms. The summed E-state index contributed by atoms with van der Waals surface area (Å²) in [5.41, 5.74) is 10.1. The lowest BCUT2D eigenvalue weighted by atomic mass is 10.1. The van der Waals surface area contributed by atoms with Crippen molar-refractivity contribution in [3.8, 4) is 5.75 Å². The Hall–Kier alpha value is -1.36. The van der Waals surface area contributed by atoms with Crippen LogP contribution in [0.25, 0.3) is 0 Å². The summed E-state index contributed by atoms with van der Waals surface area (Å²) >= 11 is 7.86. The van der Waals surface area contributed by atoms with Gasteiger partial charge in [-0.15, -0.1) is 11.8 Å². The summed E-state index contributed by atoms with van der Waals surface area (Å²) in [6.45, 7) is 2.87. The molecule has 0 spiro atoms. The largest absolute Gasteiger partial charge is 0.467 e. The molecule has 0 unspecified atom stereocenters. The first-order valence-electron chi connectivity index (χ1n) is 6.64. The zero-order valence-corrected chi connectivity index (χ0v) is 13.3. The molecular weight excluding hydrogens is 306 g/mol. The van der Waals surface area contributed by atoms with Crippen LogP contribution in [-0.4, -0.2) is 6.79 Å². The molecule has 1 heterocycles. The maximum absolute atomic E-state index is 6.17. The Balaban J connectivity index is 1.83. The van der Waals surface area contributed by atoms with Gasteiger partial charge in [-0.25, -0.2) is 0 Å². The number of nitrogens with two attached hydrogens (primary N) is 1. The van der Waals surface area contributed by atoms with Gasteiger partial charge >= 0.3 is 0 Å². The fourth-order valence-electron chi connectivity index (χ4n) is 2.32. The van der Waals surface area contributed by atoms with Gasteiger partial charge in [0.2, 0.25) is 0 Å². The third kappa shape index (κ3) is 3.28. The van der Waals surface area contributed by atoms with E-state index in [-0.39, 0.29) is 0 Å². The summed E-state index contributed by atoms with van der Waals surface area (Å²) in [5, 5.41) is 0.704. The van der Waals surface area contributed by atoms with Crippen LogP contribution in [0.2, 0.25) is 5.02 Å². The maximum atomic E-state index is 6.17. The lowest BCUT2D eigenvalue weighted by molar-refractivity contribution is -0.0168. The Morgan fingerprint density at radius 2 is 2.14 bits per heavy atom. The molecule has 0 aliphatic carbocycles. The zero-order valence-electron chi connectivity index (χ0n) is 11.7. The molecule has 3 nitrogen and oxygen atoms in total. The van der Waals surface area contributed by atoms with Crippen molar-refractivity contribution in [1.29, 1.82) is 0 Å². The van der Waals surface area contributed by atoms with Gasteiger partial charge in [0.15, 0.2) is 6.79 Å². The van der Waals surface area contributed by atoms with E-state index in [0.717, 1.165) is 38.8 Å². The van der Waals surface area contributed by atoms with Crippen molar-refractivity contribution in [1.82, 2.24) is 0 Å². The molecule has 1 aliphatic heterocycles. The summed E-state index contributed by atoms with van der Waals surface area (Å²) in [7, 11) is 0. The quantitative estimate of drug-likeness (QED) is 0.672. The van der Waals surface area contributed by atoms with Crippen LogP contribution in [-0.2, 0) is 17.1 Å². The lowest BCUT2D eigenvalue weighted by Gasteiger charge is -2.21. The van der Waals surface area contributed by atoms with Crippen LogP contribution in [0.1, 0.15) is 16.7 Å². The number of ether oxygens (including phenoxy) is 2. The van der Waals surface area contributed by atoms with Gasteiger partial charge in [-0.3, -0.25) is 0 Å². The van der Waals surface area contributed by atoms with E-state index in [0.29, 0.717) is 18.4 Å². The van der Waals surface area contributed by atoms with E-state index >= 15 is 0 Å². The van der Waals surface area contributed by atoms with Crippen LogP contribution >= 0.6 is 23.4 Å². The van der Waals surface area contributed by atoms with Crippen LogP contribution in [0.5, 0.6) is 5.75 Å². The molecule has 0 aromatic heterocycles. The Kier molecular flexibility index (Phi) is 4.29. The number of thioether (sulfide) groups is 1. The second-order valence-corrected chi connectivity index (χ2v) is 6.45. The minimum Gasteiger partial charge on any atom is -0.467 e. The number of benzene rings is 2. The standard InChI is InChI=1S/C16H16ClNO2S/c1-10-2-3-15(14(18)4-10)21-8-12-6-13(17)5-11-7-19-9-20-16(11)12/h2-6H,7-9,18H2,1H3. The summed E-state index contributed by atoms with van der Waals surface area (Å²) in [5.74, 6) is 1.65. The average Bonchev–Trinajstić information content (AvgIpc) is 2.46. The number of nitrogen functional groups attached to an aromatic ring is 1. The third-order valence-electron chi connectivity index (χ3n) is 3.30. The molecule has 0 saturated carbocycles. The van der Waals surface area contributed by atoms with Crippen molar-refractivity contribution in [2.45, 2.75) is 24.2 Å². The van der Waals surface area contributed by atoms with Crippen LogP contribution < -0.4 is 10.5 Å². The summed E-state index contributed by atoms with van der Waals surface area (Å²) in [6.07, 6.45) is 0. The fourth-order valence-corrected chi connectivity index (χ4v) is 3.50. The smallest absolute Gasteiger partial charge is 0.189 e. The normalized spacial score (nSPS) is 13.6. The minimum atomic E-state index is 0.291. The summed E-state index contributed by atoms with van der Waals surface area (Å²) < 4.78 is 10.9. The number of hydrogen-bond acceptors (Lipinski definition) is 4. The number of aryl methyl sites for hydroxylation is 1. The van der Waals surface area contributed by atoms with Gasteiger partial charge in [0.25, 0.3) is 0 Å². The Morgan fingerprint density at radius 3 is 2.95 bits per heavy atom. The monoisotopic (exact) mass is 321 g/mol. The SMILES string of the molecule is Cc1ccc(SCc2cc(Cl)cc3c2OCOC3)c(N)c1. The molecule has 3 rings (SSSR count). The molecule has 5 heteroatoms. The minimum absolute atomic E-state index is 0.291. The Morgan fingerprint density at radius 1 is 1.29 bits per heavy atom. The number of fused-ring (bicyclic) bond motifs is 1. The Bertz CT molecular complexity index is 676. The van der Waals surface area contributed by atoms with Gasteiger partial charge in [-0.1, -0.05) is 17.7 Å². The van der Waals surface area contributed by atoms with Gasteiger partial charge in [-0.05, 0) is 36.8 Å². The molecule has 1 aliphatic rings. The lowest BCUT2D eigenvalue weighted by Crippen LogP contribution is -2.12. The van der Waals surface area contributed by atoms with Crippen LogP contribution in [0, 0.1) is 6.92 Å². The van der Waals surface area contributed by atoms with E-state index < -0.39 is 0 Å². The van der Waals surface area contributed by atoms with Crippen molar-refractivity contribution in [3.63, 3.8) is 0 Å². The molecule has 0 amide bonds. The topological polar surface area (TPSA) is 44.5 Å². The molecule has 0 saturated heterocycles. The first-order chi connectivity index (χ1) is 10.1. The molecule has 2 aromatic rings. The predicted molar refractivity (Wildman–Crippen MR) is 86.9 cm³/mol. The molecule has 0 atom stereocenters. The van der Waals surface area contributed by atoms with Gasteiger partial charge < -0.3 is 15.2 Å². The van der Waals surface area contributed by atoms with Gasteiger partial charge in [0, 0.05) is 32.5 Å². The van der Waals surface area contributed by atoms with Crippen LogP contribution in [0.4, 0.5) is 5.69 Å². The zero-order chi connectivity index (χ0) is 14.8. The van der Waals surface area contributed by atoms with Crippen molar-refractivity contribution in [2.75, 3.05) is 12.5 Å². The van der Waals surface area contributed by atoms with Crippen LogP contribution in [0.3, 0.4) is 0 Å². The molecular formula is C16H16ClNO2S. The number of rotatable bonds is 3. The fraction of sp³-hybridized carbons (Fsp3) is 0.250. The second kappa shape index (κ2) is 6.18. The van der Waals surface area contributed by atoms with Gasteiger partial charge in [0.1, 0.15) is 5.75 Å². The number of anilines is 1. The molecule has 110 valence electrons. The van der Waals surface area contributed by atoms with Crippen molar-refractivity contribution < 1.29 is 9.47 Å². The number of halogens is 1. The average molecular weight is 322 g/mol. The van der Waals surface area contributed by atoms with E-state index in [2.05, 4.69) is 12.1 Å². The van der Waals surface area contributed by atoms with Crippen molar-refractivity contribution in [3.05, 3.63) is 52.0 Å². The van der Waals surface area contributed by atoms with Crippen molar-refractivity contribution >= 4 is 29.1 Å². The molecule has 0 radical (unpaired) electrons. The van der Waals surface area contributed by atoms with Crippen LogP contribution in [0.15, 0.2) is 35.2 Å². The molecule has 2 aromatic carbocycles. The number of hydrogen-bond donors (Lipinski definition) is 1. The second-order valence-electron chi connectivity index (χ2n) is 4.99.